The van der Waals surface area contributed by atoms with Crippen molar-refractivity contribution in [2.24, 2.45) is 0 Å². The molecule has 0 heterocycles. The summed E-state index contributed by atoms with van der Waals surface area (Å²) in [6.45, 7) is 8.26. The highest BCUT2D eigenvalue weighted by Gasteiger charge is 2.37. The van der Waals surface area contributed by atoms with E-state index in [9.17, 15) is 40.9 Å². The maximum absolute atomic E-state index is 13.0. The van der Waals surface area contributed by atoms with Gasteiger partial charge in [-0.05, 0) is 49.9 Å². The minimum Gasteiger partial charge on any atom is -0.507 e. The van der Waals surface area contributed by atoms with Gasteiger partial charge in [0.05, 0.1) is 22.3 Å². The molecule has 0 saturated heterocycles. The lowest BCUT2D eigenvalue weighted by atomic mass is 9.74. The van der Waals surface area contributed by atoms with Crippen LogP contribution >= 0.6 is 0 Å². The number of hydrogen-bond acceptors (Lipinski definition) is 12. The number of nitrogens with one attached hydrogen (secondary N) is 4. The summed E-state index contributed by atoms with van der Waals surface area (Å²) >= 11 is 0. The molecule has 440 valence electrons. The van der Waals surface area contributed by atoms with Crippen LogP contribution in [-0.2, 0) is 26.2 Å². The monoisotopic (exact) mass is 1130 g/mol. The van der Waals surface area contributed by atoms with E-state index in [4.69, 9.17) is 0 Å². The van der Waals surface area contributed by atoms with Crippen molar-refractivity contribution >= 4 is 0 Å². The first kappa shape index (κ1) is 60.6. The van der Waals surface area contributed by atoms with E-state index in [0.29, 0.717) is 95.9 Å². The Morgan fingerprint density at radius 1 is 0.250 bits per heavy atom. The number of allylic oxidation sites excluding steroid dienone is 16. The third kappa shape index (κ3) is 13.3. The summed E-state index contributed by atoms with van der Waals surface area (Å²) < 4.78 is 0. The summed E-state index contributed by atoms with van der Waals surface area (Å²) in [4.78, 5) is 0. The van der Waals surface area contributed by atoms with Gasteiger partial charge in [-0.25, -0.2) is 0 Å². The Morgan fingerprint density at radius 2 is 0.405 bits per heavy atom. The van der Waals surface area contributed by atoms with Crippen molar-refractivity contribution in [1.82, 2.24) is 21.3 Å². The van der Waals surface area contributed by atoms with Crippen molar-refractivity contribution in [1.29, 1.82) is 0 Å². The van der Waals surface area contributed by atoms with E-state index in [1.165, 1.54) is 0 Å². The van der Waals surface area contributed by atoms with Crippen LogP contribution in [0.1, 0.15) is 169 Å². The number of fused-ring (bicyclic) bond motifs is 8. The molecule has 5 aliphatic rings. The Hall–Kier alpha value is -8.00. The molecule has 9 rings (SSSR count). The molecular formula is C72H84N4O8. The summed E-state index contributed by atoms with van der Waals surface area (Å²) in [5.41, 5.74) is 4.42. The van der Waals surface area contributed by atoms with Crippen LogP contribution in [0, 0.1) is 0 Å². The van der Waals surface area contributed by atoms with Crippen LogP contribution < -0.4 is 21.3 Å². The third-order valence-corrected chi connectivity index (χ3v) is 17.0. The highest BCUT2D eigenvalue weighted by molar-refractivity contribution is 5.68. The minimum atomic E-state index is -0.737. The average molecular weight is 1130 g/mol. The Bertz CT molecular complexity index is 2780. The lowest BCUT2D eigenvalue weighted by molar-refractivity contribution is 0.405. The molecule has 0 atom stereocenters. The van der Waals surface area contributed by atoms with Gasteiger partial charge in [0, 0.05) is 119 Å². The maximum atomic E-state index is 13.0. The Labute approximate surface area is 495 Å². The van der Waals surface area contributed by atoms with Crippen molar-refractivity contribution in [3.63, 3.8) is 0 Å². The van der Waals surface area contributed by atoms with Gasteiger partial charge in [0.1, 0.15) is 46.0 Å². The van der Waals surface area contributed by atoms with Gasteiger partial charge >= 0.3 is 0 Å². The van der Waals surface area contributed by atoms with Crippen molar-refractivity contribution < 1.29 is 40.9 Å². The van der Waals surface area contributed by atoms with Crippen molar-refractivity contribution in [3.8, 4) is 46.0 Å². The molecule has 4 aromatic rings. The zero-order valence-corrected chi connectivity index (χ0v) is 48.8. The molecule has 84 heavy (non-hydrogen) atoms. The van der Waals surface area contributed by atoms with E-state index in [0.717, 1.165) is 0 Å². The van der Waals surface area contributed by atoms with Gasteiger partial charge in [-0.1, -0.05) is 199 Å². The number of benzene rings is 4. The van der Waals surface area contributed by atoms with E-state index in [1.54, 1.807) is 0 Å². The predicted molar refractivity (Wildman–Crippen MR) is 338 cm³/mol. The Kier molecular flexibility index (Phi) is 20.6. The molecule has 0 radical (unpaired) electrons. The maximum Gasteiger partial charge on any atom is 0.127 e. The highest BCUT2D eigenvalue weighted by atomic mass is 16.3. The molecule has 4 aromatic carbocycles. The molecule has 8 bridgehead atoms. The molecule has 0 spiro atoms. The molecule has 12 nitrogen and oxygen atoms in total. The summed E-state index contributed by atoms with van der Waals surface area (Å²) in [5.74, 6) is -4.22. The van der Waals surface area contributed by atoms with Gasteiger partial charge in [-0.15, -0.1) is 0 Å². The largest absolute Gasteiger partial charge is 0.507 e. The fourth-order valence-electron chi connectivity index (χ4n) is 12.6. The second-order valence-electron chi connectivity index (χ2n) is 22.5. The van der Waals surface area contributed by atoms with Crippen LogP contribution in [0.15, 0.2) is 170 Å². The van der Waals surface area contributed by atoms with Gasteiger partial charge < -0.3 is 62.1 Å². The van der Waals surface area contributed by atoms with E-state index in [1.807, 2.05) is 198 Å². The average Bonchev–Trinajstić information content (AvgIpc) is 1.38. The number of rotatable bonds is 20. The normalized spacial score (nSPS) is 19.6. The predicted octanol–water partition coefficient (Wildman–Crippen LogP) is 13.9. The smallest absolute Gasteiger partial charge is 0.127 e. The van der Waals surface area contributed by atoms with E-state index >= 15 is 0 Å². The van der Waals surface area contributed by atoms with Crippen LogP contribution in [0.4, 0.5) is 0 Å². The van der Waals surface area contributed by atoms with Crippen LogP contribution in [0.5, 0.6) is 46.0 Å². The van der Waals surface area contributed by atoms with Gasteiger partial charge in [-0.3, -0.25) is 0 Å². The van der Waals surface area contributed by atoms with Crippen molar-refractivity contribution in [2.45, 2.75) is 153 Å². The second kappa shape index (κ2) is 28.5. The summed E-state index contributed by atoms with van der Waals surface area (Å²) in [6.07, 6.45) is 50.9. The van der Waals surface area contributed by atoms with Crippen molar-refractivity contribution in [3.05, 3.63) is 237 Å². The first-order valence-electron chi connectivity index (χ1n) is 30.2. The topological polar surface area (TPSA) is 210 Å². The summed E-state index contributed by atoms with van der Waals surface area (Å²) in [5, 5.41) is 118. The molecular weight excluding hydrogens is 1050 g/mol. The molecule has 0 fully saturated rings. The molecule has 12 N–H and O–H groups in total. The number of phenols is 8. The molecule has 0 saturated carbocycles. The van der Waals surface area contributed by atoms with E-state index in [-0.39, 0.29) is 119 Å². The summed E-state index contributed by atoms with van der Waals surface area (Å²) in [7, 11) is 0. The van der Waals surface area contributed by atoms with Crippen LogP contribution in [0.2, 0.25) is 0 Å². The second-order valence-corrected chi connectivity index (χ2v) is 22.5. The fraction of sp³-hybridized carbons (Fsp3) is 0.333. The Morgan fingerprint density at radius 3 is 0.548 bits per heavy atom. The van der Waals surface area contributed by atoms with Gasteiger partial charge in [0.2, 0.25) is 0 Å². The minimum absolute atomic E-state index is 0.0276. The van der Waals surface area contributed by atoms with Gasteiger partial charge in [0.25, 0.3) is 0 Å². The van der Waals surface area contributed by atoms with E-state index < -0.39 is 23.7 Å². The van der Waals surface area contributed by atoms with Gasteiger partial charge in [-0.2, -0.15) is 0 Å². The lowest BCUT2D eigenvalue weighted by Gasteiger charge is -2.32. The number of phenolic OH excluding ortho intramolecular Hbond substituents is 8. The van der Waals surface area contributed by atoms with Crippen LogP contribution in [0.3, 0.4) is 0 Å². The summed E-state index contributed by atoms with van der Waals surface area (Å²) in [6, 6.07) is 6.27. The number of hydrogen-bond donors (Lipinski definition) is 12. The quantitative estimate of drug-likeness (QED) is 0.0399. The van der Waals surface area contributed by atoms with E-state index in [2.05, 4.69) is 21.3 Å². The van der Waals surface area contributed by atoms with Crippen LogP contribution in [-0.4, -0.2) is 65.0 Å². The fourth-order valence-corrected chi connectivity index (χ4v) is 12.6. The first-order chi connectivity index (χ1) is 40.9. The van der Waals surface area contributed by atoms with Crippen LogP contribution in [0.25, 0.3) is 0 Å². The molecule has 5 aliphatic carbocycles. The standard InChI is InChI=1S/C72H84N4O8/c1-5-25-49-53-37-55(67(79)61(65(53)77)41-73-45-29-17-9-10-18-30-45)50(26-6-2)57-39-59(71(83)63(69(57)81)43-75-47-33-21-13-14-22-34-47)52(28-8-4)60-40-58(70(82)64(72(60)84)44-76-48-35-23-15-16-24-36-48)51(27-7-3)56-38-54(49)66(78)62(68(56)80)42-74-46-31-19-11-12-20-32-46/h9-24,29-40,45-52,73-84H,5-8,25-28,41-44H2,1-4H3. The zero-order valence-electron chi connectivity index (χ0n) is 48.8. The molecule has 0 unspecified atom stereocenters. The zero-order chi connectivity index (χ0) is 59.3. The molecule has 0 aliphatic heterocycles. The van der Waals surface area contributed by atoms with Crippen molar-refractivity contribution in [2.75, 3.05) is 0 Å². The highest BCUT2D eigenvalue weighted by Crippen LogP contribution is 2.56. The number of aromatic hydroxyl groups is 8. The third-order valence-electron chi connectivity index (χ3n) is 17.0. The first-order valence-corrected chi connectivity index (χ1v) is 30.2. The molecule has 12 heteroatoms. The molecule has 0 amide bonds. The Balaban J connectivity index is 1.39. The lowest BCUT2D eigenvalue weighted by Crippen LogP contribution is -2.25. The molecule has 0 aromatic heterocycles. The van der Waals surface area contributed by atoms with Gasteiger partial charge in [0.15, 0.2) is 0 Å². The SMILES string of the molecule is CCCC1c2cc(c(O)c(CNC3C=CC=CC=C3)c2O)C(CCC)c2cc(c(O)c(CNC3C=CC=CC=C3)c2O)C(CCC)c2cc(c(O)c(CNC3C=CC=CC=C3)c2O)C(CCC)c2cc1c(O)c(CNC1C=CC=CC=C1)c2O.